The molecule has 0 aliphatic heterocycles. The van der Waals surface area contributed by atoms with E-state index in [1.54, 1.807) is 24.3 Å². The van der Waals surface area contributed by atoms with Crippen molar-refractivity contribution in [1.82, 2.24) is 15.3 Å². The Kier molecular flexibility index (Phi) is 7.66. The summed E-state index contributed by atoms with van der Waals surface area (Å²) in [6.45, 7) is 5.58. The van der Waals surface area contributed by atoms with Gasteiger partial charge < -0.3 is 26.5 Å². The quantitative estimate of drug-likeness (QED) is 0.234. The second-order valence-corrected chi connectivity index (χ2v) is 9.64. The number of benzene rings is 3. The number of anilines is 2. The molecule has 0 aliphatic carbocycles. The third kappa shape index (κ3) is 6.50. The Morgan fingerprint density at radius 2 is 1.84 bits per heavy atom. The number of rotatable bonds is 8. The summed E-state index contributed by atoms with van der Waals surface area (Å²) in [5.41, 5.74) is 8.56. The molecule has 0 atom stereocenters. The molecule has 1 heterocycles. The van der Waals surface area contributed by atoms with Crippen molar-refractivity contribution in [3.63, 3.8) is 0 Å². The van der Waals surface area contributed by atoms with Gasteiger partial charge in [-0.25, -0.2) is 14.4 Å². The van der Waals surface area contributed by atoms with Crippen molar-refractivity contribution in [2.45, 2.75) is 26.3 Å². The lowest BCUT2D eigenvalue weighted by molar-refractivity contribution is -0.124. The molecule has 0 aliphatic rings. The van der Waals surface area contributed by atoms with E-state index in [1.165, 1.54) is 24.5 Å². The fourth-order valence-corrected chi connectivity index (χ4v) is 3.76. The average Bonchev–Trinajstić information content (AvgIpc) is 2.88. The highest BCUT2D eigenvalue weighted by Gasteiger charge is 2.15. The number of amides is 1. The highest BCUT2D eigenvalue weighted by molar-refractivity contribution is 6.08. The van der Waals surface area contributed by atoms with Crippen molar-refractivity contribution in [2.75, 3.05) is 11.9 Å². The van der Waals surface area contributed by atoms with Crippen LogP contribution in [0.25, 0.3) is 27.9 Å². The molecule has 0 spiro atoms. The Hall–Kier alpha value is -4.79. The monoisotopic (exact) mass is 512 g/mol. The predicted molar refractivity (Wildman–Crippen MR) is 149 cm³/mol. The summed E-state index contributed by atoms with van der Waals surface area (Å²) in [5, 5.41) is 14.1. The van der Waals surface area contributed by atoms with E-state index in [9.17, 15) is 9.18 Å². The van der Waals surface area contributed by atoms with Gasteiger partial charge in [0.2, 0.25) is 0 Å². The van der Waals surface area contributed by atoms with Gasteiger partial charge in [0.25, 0.3) is 5.91 Å². The van der Waals surface area contributed by atoms with Crippen LogP contribution in [0.15, 0.2) is 72.9 Å². The Morgan fingerprint density at radius 1 is 1.08 bits per heavy atom. The molecule has 5 N–H and O–H groups in total. The highest BCUT2D eigenvalue weighted by Crippen LogP contribution is 2.30. The number of ether oxygens (including phenoxy) is 1. The molecule has 0 fully saturated rings. The molecule has 194 valence electrons. The summed E-state index contributed by atoms with van der Waals surface area (Å²) in [7, 11) is 0. The second kappa shape index (κ2) is 11.1. The van der Waals surface area contributed by atoms with Gasteiger partial charge in [0, 0.05) is 40.2 Å². The molecular formula is C29H29FN6O2. The van der Waals surface area contributed by atoms with Crippen molar-refractivity contribution >= 4 is 40.1 Å². The van der Waals surface area contributed by atoms with Crippen LogP contribution in [0.1, 0.15) is 26.3 Å². The van der Waals surface area contributed by atoms with Crippen molar-refractivity contribution < 1.29 is 13.9 Å². The summed E-state index contributed by atoms with van der Waals surface area (Å²) in [5.74, 6) is 0.702. The van der Waals surface area contributed by atoms with Gasteiger partial charge in [-0.05, 0) is 68.8 Å². The Bertz CT molecular complexity index is 1510. The maximum absolute atomic E-state index is 14.1. The van der Waals surface area contributed by atoms with Crippen LogP contribution < -0.4 is 21.1 Å². The molecule has 0 saturated heterocycles. The van der Waals surface area contributed by atoms with Crippen molar-refractivity contribution in [2.24, 2.45) is 5.73 Å². The van der Waals surface area contributed by atoms with E-state index in [0.29, 0.717) is 45.1 Å². The first-order chi connectivity index (χ1) is 18.1. The fourth-order valence-electron chi connectivity index (χ4n) is 3.76. The topological polar surface area (TPSA) is 126 Å². The third-order valence-corrected chi connectivity index (χ3v) is 5.45. The Labute approximate surface area is 220 Å². The van der Waals surface area contributed by atoms with E-state index in [0.717, 1.165) is 5.56 Å². The molecule has 9 heteroatoms. The normalized spacial score (nSPS) is 11.7. The number of aromatic nitrogens is 2. The van der Waals surface area contributed by atoms with E-state index >= 15 is 0 Å². The molecule has 38 heavy (non-hydrogen) atoms. The standard InChI is InChI=1S/C29H29FN6O2/c1-29(2,3)36-26(37)17-38-23-6-4-5-19(13-23)27-34-25-12-9-21(30)14-24(25)28(35-27)33-22-10-7-18(8-11-22)20(15-31)16-32/h4-16,31H,17,32H2,1-3H3,(H,36,37)(H,33,34,35)/b20-16+,31-15?. The summed E-state index contributed by atoms with van der Waals surface area (Å²) in [4.78, 5) is 21.5. The van der Waals surface area contributed by atoms with Gasteiger partial charge in [-0.2, -0.15) is 0 Å². The molecule has 1 aromatic heterocycles. The number of halogens is 1. The minimum absolute atomic E-state index is 0.125. The number of carbonyl (C=O) groups excluding carboxylic acids is 1. The van der Waals surface area contributed by atoms with Gasteiger partial charge in [0.15, 0.2) is 12.4 Å². The van der Waals surface area contributed by atoms with E-state index in [-0.39, 0.29) is 18.1 Å². The van der Waals surface area contributed by atoms with Gasteiger partial charge in [-0.15, -0.1) is 0 Å². The highest BCUT2D eigenvalue weighted by atomic mass is 19.1. The van der Waals surface area contributed by atoms with Crippen LogP contribution in [0.3, 0.4) is 0 Å². The SMILES string of the molecule is CC(C)(C)NC(=O)COc1cccc(-c2nc(Nc3ccc(/C(C=N)=C/N)cc3)c3cc(F)ccc3n2)c1. The van der Waals surface area contributed by atoms with Crippen LogP contribution >= 0.6 is 0 Å². The predicted octanol–water partition coefficient (Wildman–Crippen LogP) is 5.42. The zero-order valence-corrected chi connectivity index (χ0v) is 21.4. The third-order valence-electron chi connectivity index (χ3n) is 5.45. The average molecular weight is 513 g/mol. The number of hydrogen-bond acceptors (Lipinski definition) is 7. The molecule has 3 aromatic carbocycles. The summed E-state index contributed by atoms with van der Waals surface area (Å²) in [6, 6.07) is 18.8. The van der Waals surface area contributed by atoms with Crippen molar-refractivity contribution in [1.29, 1.82) is 5.41 Å². The lowest BCUT2D eigenvalue weighted by atomic mass is 10.1. The van der Waals surface area contributed by atoms with Crippen LogP contribution in [0.5, 0.6) is 5.75 Å². The van der Waals surface area contributed by atoms with E-state index < -0.39 is 5.82 Å². The molecule has 1 amide bonds. The summed E-state index contributed by atoms with van der Waals surface area (Å²) >= 11 is 0. The molecular weight excluding hydrogens is 483 g/mol. The largest absolute Gasteiger partial charge is 0.484 e. The lowest BCUT2D eigenvalue weighted by Crippen LogP contribution is -2.43. The Balaban J connectivity index is 1.64. The van der Waals surface area contributed by atoms with Gasteiger partial charge >= 0.3 is 0 Å². The molecule has 4 aromatic rings. The van der Waals surface area contributed by atoms with Crippen LogP contribution in [0.4, 0.5) is 15.9 Å². The maximum atomic E-state index is 14.1. The lowest BCUT2D eigenvalue weighted by Gasteiger charge is -2.20. The number of nitrogens with two attached hydrogens (primary N) is 1. The van der Waals surface area contributed by atoms with Gasteiger partial charge in [-0.3, -0.25) is 4.79 Å². The van der Waals surface area contributed by atoms with Crippen LogP contribution in [0.2, 0.25) is 0 Å². The van der Waals surface area contributed by atoms with Crippen LogP contribution in [-0.4, -0.2) is 34.2 Å². The van der Waals surface area contributed by atoms with E-state index in [2.05, 4.69) is 15.6 Å². The maximum Gasteiger partial charge on any atom is 0.258 e. The zero-order valence-electron chi connectivity index (χ0n) is 21.4. The fraction of sp³-hybridized carbons (Fsp3) is 0.172. The van der Waals surface area contributed by atoms with Gasteiger partial charge in [0.1, 0.15) is 17.4 Å². The minimum atomic E-state index is -0.403. The smallest absolute Gasteiger partial charge is 0.258 e. The molecule has 0 radical (unpaired) electrons. The molecule has 0 bridgehead atoms. The first-order valence-electron chi connectivity index (χ1n) is 12.0. The first kappa shape index (κ1) is 26.3. The van der Waals surface area contributed by atoms with Crippen LogP contribution in [-0.2, 0) is 4.79 Å². The van der Waals surface area contributed by atoms with Crippen molar-refractivity contribution in [3.05, 3.63) is 84.3 Å². The molecule has 4 rings (SSSR count). The number of hydrogen-bond donors (Lipinski definition) is 4. The number of allylic oxidation sites excluding steroid dienone is 1. The summed E-state index contributed by atoms with van der Waals surface area (Å²) < 4.78 is 19.8. The number of nitrogens with zero attached hydrogens (tertiary/aromatic N) is 2. The Morgan fingerprint density at radius 3 is 2.53 bits per heavy atom. The van der Waals surface area contributed by atoms with E-state index in [1.807, 2.05) is 51.1 Å². The van der Waals surface area contributed by atoms with Crippen LogP contribution in [0, 0.1) is 11.2 Å². The summed E-state index contributed by atoms with van der Waals surface area (Å²) in [6.07, 6.45) is 2.56. The number of nitrogens with one attached hydrogen (secondary N) is 3. The zero-order chi connectivity index (χ0) is 27.3. The first-order valence-corrected chi connectivity index (χ1v) is 12.0. The van der Waals surface area contributed by atoms with Crippen molar-refractivity contribution in [3.8, 4) is 17.1 Å². The molecule has 0 saturated carbocycles. The number of carbonyl (C=O) groups is 1. The van der Waals surface area contributed by atoms with E-state index in [4.69, 9.17) is 20.9 Å². The second-order valence-electron chi connectivity index (χ2n) is 9.64. The molecule has 8 nitrogen and oxygen atoms in total. The minimum Gasteiger partial charge on any atom is -0.484 e. The number of fused-ring (bicyclic) bond motifs is 1. The van der Waals surface area contributed by atoms with Gasteiger partial charge in [0.05, 0.1) is 5.52 Å². The molecule has 0 unspecified atom stereocenters. The van der Waals surface area contributed by atoms with Gasteiger partial charge in [-0.1, -0.05) is 24.3 Å².